The highest BCUT2D eigenvalue weighted by Gasteiger charge is 2.22. The van der Waals surface area contributed by atoms with Crippen molar-refractivity contribution in [2.24, 2.45) is 0 Å². The molecule has 1 amide bonds. The van der Waals surface area contributed by atoms with E-state index in [2.05, 4.69) is 39.0 Å². The van der Waals surface area contributed by atoms with Crippen LogP contribution in [0.4, 0.5) is 5.82 Å². The molecular weight excluding hydrogens is 336 g/mol. The third-order valence-corrected chi connectivity index (χ3v) is 5.74. The molecule has 0 saturated carbocycles. The highest BCUT2D eigenvalue weighted by Crippen LogP contribution is 2.26. The summed E-state index contributed by atoms with van der Waals surface area (Å²) in [6.07, 6.45) is 7.19. The molecule has 136 valence electrons. The Labute approximate surface area is 152 Å². The van der Waals surface area contributed by atoms with Gasteiger partial charge in [-0.1, -0.05) is 25.1 Å². The van der Waals surface area contributed by atoms with E-state index in [1.54, 1.807) is 6.20 Å². The van der Waals surface area contributed by atoms with Gasteiger partial charge < -0.3 is 9.88 Å². The van der Waals surface area contributed by atoms with Gasteiger partial charge in [0.1, 0.15) is 11.6 Å². The van der Waals surface area contributed by atoms with Crippen molar-refractivity contribution < 1.29 is 4.79 Å². The fourth-order valence-corrected chi connectivity index (χ4v) is 3.82. The number of carbonyl (C=O) groups is 1. The number of rotatable bonds is 6. The number of nitrogens with one attached hydrogen (secondary N) is 1. The van der Waals surface area contributed by atoms with Gasteiger partial charge in [0, 0.05) is 19.0 Å². The van der Waals surface area contributed by atoms with E-state index >= 15 is 0 Å². The van der Waals surface area contributed by atoms with Crippen LogP contribution in [0.25, 0.3) is 0 Å². The molecule has 8 heteroatoms. The molecule has 0 unspecified atom stereocenters. The summed E-state index contributed by atoms with van der Waals surface area (Å²) in [5.74, 6) is 1.75. The fourth-order valence-electron chi connectivity index (χ4n) is 2.92. The molecule has 2 aromatic heterocycles. The van der Waals surface area contributed by atoms with Gasteiger partial charge in [-0.3, -0.25) is 4.79 Å². The van der Waals surface area contributed by atoms with E-state index in [0.717, 1.165) is 42.6 Å². The van der Waals surface area contributed by atoms with Crippen LogP contribution in [0, 0.1) is 0 Å². The van der Waals surface area contributed by atoms with E-state index < -0.39 is 0 Å². The number of anilines is 1. The summed E-state index contributed by atoms with van der Waals surface area (Å²) in [7, 11) is 0. The van der Waals surface area contributed by atoms with E-state index in [1.807, 2.05) is 17.7 Å². The SMILES string of the molecule is CC[C@@H](C)n1nccc1NC(=O)[C@H](C)Sc1nnc2n1CCCCC2. The highest BCUT2D eigenvalue weighted by molar-refractivity contribution is 8.00. The number of amides is 1. The molecule has 3 rings (SSSR count). The third-order valence-electron chi connectivity index (χ3n) is 4.66. The Morgan fingerprint density at radius 3 is 2.96 bits per heavy atom. The first-order valence-electron chi connectivity index (χ1n) is 9.03. The zero-order valence-electron chi connectivity index (χ0n) is 15.1. The van der Waals surface area contributed by atoms with Gasteiger partial charge in [-0.2, -0.15) is 5.10 Å². The molecule has 3 heterocycles. The highest BCUT2D eigenvalue weighted by atomic mass is 32.2. The number of aromatic nitrogens is 5. The van der Waals surface area contributed by atoms with Crippen molar-refractivity contribution in [2.45, 2.75) is 75.9 Å². The van der Waals surface area contributed by atoms with Crippen LogP contribution in [0.1, 0.15) is 58.3 Å². The van der Waals surface area contributed by atoms with E-state index in [1.165, 1.54) is 24.6 Å². The second kappa shape index (κ2) is 8.03. The van der Waals surface area contributed by atoms with Gasteiger partial charge in [-0.15, -0.1) is 10.2 Å². The number of nitrogens with zero attached hydrogens (tertiary/aromatic N) is 5. The van der Waals surface area contributed by atoms with Gasteiger partial charge in [0.2, 0.25) is 5.91 Å². The monoisotopic (exact) mass is 362 g/mol. The molecule has 1 aliphatic heterocycles. The van der Waals surface area contributed by atoms with E-state index in [-0.39, 0.29) is 17.2 Å². The molecule has 2 atom stereocenters. The van der Waals surface area contributed by atoms with Crippen LogP contribution in [-0.2, 0) is 17.8 Å². The lowest BCUT2D eigenvalue weighted by Gasteiger charge is -2.16. The number of hydrogen-bond acceptors (Lipinski definition) is 5. The summed E-state index contributed by atoms with van der Waals surface area (Å²) < 4.78 is 4.03. The average molecular weight is 363 g/mol. The molecule has 0 aromatic carbocycles. The molecule has 0 bridgehead atoms. The Balaban J connectivity index is 1.66. The predicted molar refractivity (Wildman–Crippen MR) is 98.8 cm³/mol. The van der Waals surface area contributed by atoms with Crippen molar-refractivity contribution in [3.05, 3.63) is 18.1 Å². The van der Waals surface area contributed by atoms with Crippen LogP contribution < -0.4 is 5.32 Å². The Kier molecular flexibility index (Phi) is 5.78. The summed E-state index contributed by atoms with van der Waals surface area (Å²) in [4.78, 5) is 12.6. The molecule has 25 heavy (non-hydrogen) atoms. The maximum atomic E-state index is 12.6. The smallest absolute Gasteiger partial charge is 0.238 e. The lowest BCUT2D eigenvalue weighted by atomic mass is 10.2. The largest absolute Gasteiger partial charge is 0.310 e. The first-order chi connectivity index (χ1) is 12.1. The Morgan fingerprint density at radius 2 is 2.16 bits per heavy atom. The van der Waals surface area contributed by atoms with Crippen LogP contribution in [0.5, 0.6) is 0 Å². The van der Waals surface area contributed by atoms with Gasteiger partial charge in [-0.25, -0.2) is 4.68 Å². The molecule has 0 saturated heterocycles. The van der Waals surface area contributed by atoms with Gasteiger partial charge in [-0.05, 0) is 33.1 Å². The van der Waals surface area contributed by atoms with Crippen LogP contribution in [-0.4, -0.2) is 35.7 Å². The van der Waals surface area contributed by atoms with Crippen molar-refractivity contribution in [1.29, 1.82) is 0 Å². The summed E-state index contributed by atoms with van der Waals surface area (Å²) in [6.45, 7) is 7.04. The van der Waals surface area contributed by atoms with Crippen molar-refractivity contribution in [1.82, 2.24) is 24.5 Å². The molecular formula is C17H26N6OS. The van der Waals surface area contributed by atoms with E-state index in [4.69, 9.17) is 0 Å². The van der Waals surface area contributed by atoms with Crippen LogP contribution in [0.15, 0.2) is 17.4 Å². The number of fused-ring (bicyclic) bond motifs is 1. The summed E-state index contributed by atoms with van der Waals surface area (Å²) >= 11 is 1.47. The molecule has 0 radical (unpaired) electrons. The van der Waals surface area contributed by atoms with Gasteiger partial charge in [0.25, 0.3) is 0 Å². The lowest BCUT2D eigenvalue weighted by molar-refractivity contribution is -0.115. The fraction of sp³-hybridized carbons (Fsp3) is 0.647. The van der Waals surface area contributed by atoms with E-state index in [0.29, 0.717) is 0 Å². The number of aryl methyl sites for hydroxylation is 1. The number of carbonyl (C=O) groups excluding carboxylic acids is 1. The van der Waals surface area contributed by atoms with Crippen LogP contribution >= 0.6 is 11.8 Å². The van der Waals surface area contributed by atoms with Crippen molar-refractivity contribution >= 4 is 23.5 Å². The topological polar surface area (TPSA) is 77.6 Å². The molecule has 0 aliphatic carbocycles. The maximum absolute atomic E-state index is 12.6. The third kappa shape index (κ3) is 4.05. The Morgan fingerprint density at radius 1 is 1.32 bits per heavy atom. The van der Waals surface area contributed by atoms with Crippen molar-refractivity contribution in [3.63, 3.8) is 0 Å². The summed E-state index contributed by atoms with van der Waals surface area (Å²) in [6, 6.07) is 2.09. The summed E-state index contributed by atoms with van der Waals surface area (Å²) in [5.41, 5.74) is 0. The molecule has 0 fully saturated rings. The minimum Gasteiger partial charge on any atom is -0.310 e. The minimum atomic E-state index is -0.253. The average Bonchev–Trinajstić information content (AvgIpc) is 3.14. The molecule has 1 aliphatic rings. The lowest BCUT2D eigenvalue weighted by Crippen LogP contribution is -2.25. The van der Waals surface area contributed by atoms with Gasteiger partial charge >= 0.3 is 0 Å². The number of thioether (sulfide) groups is 1. The van der Waals surface area contributed by atoms with Gasteiger partial charge in [0.05, 0.1) is 17.5 Å². The maximum Gasteiger partial charge on any atom is 0.238 e. The van der Waals surface area contributed by atoms with Crippen molar-refractivity contribution in [3.8, 4) is 0 Å². The molecule has 2 aromatic rings. The molecule has 0 spiro atoms. The second-order valence-electron chi connectivity index (χ2n) is 6.53. The number of hydrogen-bond donors (Lipinski definition) is 1. The zero-order chi connectivity index (χ0) is 17.8. The Bertz CT molecular complexity index is 725. The van der Waals surface area contributed by atoms with Crippen LogP contribution in [0.2, 0.25) is 0 Å². The zero-order valence-corrected chi connectivity index (χ0v) is 15.9. The van der Waals surface area contributed by atoms with Gasteiger partial charge in [0.15, 0.2) is 5.16 Å². The second-order valence-corrected chi connectivity index (χ2v) is 7.84. The molecule has 1 N–H and O–H groups in total. The minimum absolute atomic E-state index is 0.0407. The quantitative estimate of drug-likeness (QED) is 0.798. The predicted octanol–water partition coefficient (Wildman–Crippen LogP) is 3.29. The van der Waals surface area contributed by atoms with E-state index in [9.17, 15) is 4.79 Å². The Hall–Kier alpha value is -1.83. The summed E-state index contributed by atoms with van der Waals surface area (Å²) in [5, 5.41) is 16.5. The first kappa shape index (κ1) is 18.0. The van der Waals surface area contributed by atoms with Crippen LogP contribution in [0.3, 0.4) is 0 Å². The standard InChI is InChI=1S/C17H26N6OS/c1-4-12(2)23-14(9-10-18-23)19-16(24)13(3)25-17-21-20-15-8-6-5-7-11-22(15)17/h9-10,12-13H,4-8,11H2,1-3H3,(H,19,24)/t12-,13+/m1/s1. The normalized spacial score (nSPS) is 16.8. The molecule has 7 nitrogen and oxygen atoms in total. The van der Waals surface area contributed by atoms with Crippen molar-refractivity contribution in [2.75, 3.05) is 5.32 Å². The first-order valence-corrected chi connectivity index (χ1v) is 9.91.